The fraction of sp³-hybridized carbons (Fsp3) is 0.688. The lowest BCUT2D eigenvalue weighted by molar-refractivity contribution is 0.0669. The quantitative estimate of drug-likeness (QED) is 0.866. The number of nitrogens with one attached hydrogen (secondary N) is 1. The van der Waals surface area contributed by atoms with Gasteiger partial charge in [-0.2, -0.15) is 0 Å². The smallest absolute Gasteiger partial charge is 0.257 e. The molecule has 1 aliphatic carbocycles. The van der Waals surface area contributed by atoms with E-state index in [0.29, 0.717) is 17.5 Å². The number of furan rings is 1. The second-order valence-corrected chi connectivity index (χ2v) is 6.57. The molecule has 1 atom stereocenters. The fourth-order valence-corrected chi connectivity index (χ4v) is 3.28. The molecule has 116 valence electrons. The van der Waals surface area contributed by atoms with E-state index in [0.717, 1.165) is 25.9 Å². The van der Waals surface area contributed by atoms with Gasteiger partial charge in [0.2, 0.25) is 0 Å². The molecule has 21 heavy (non-hydrogen) atoms. The van der Waals surface area contributed by atoms with Gasteiger partial charge in [0.15, 0.2) is 0 Å². The van der Waals surface area contributed by atoms with E-state index in [9.17, 15) is 9.90 Å². The lowest BCUT2D eigenvalue weighted by Crippen LogP contribution is -2.55. The van der Waals surface area contributed by atoms with Crippen molar-refractivity contribution in [2.75, 3.05) is 19.7 Å². The van der Waals surface area contributed by atoms with Crippen molar-refractivity contribution in [3.8, 4) is 0 Å². The number of piperidine rings is 1. The number of amides is 1. The molecule has 1 aliphatic heterocycles. The Hall–Kier alpha value is -1.33. The summed E-state index contributed by atoms with van der Waals surface area (Å²) < 4.78 is 4.97. The highest BCUT2D eigenvalue weighted by molar-refractivity contribution is 5.93. The molecule has 5 heteroatoms. The van der Waals surface area contributed by atoms with Crippen LogP contribution in [-0.2, 0) is 0 Å². The number of aliphatic hydroxyl groups is 1. The maximum Gasteiger partial charge on any atom is 0.257 e. The minimum Gasteiger partial charge on any atom is -0.472 e. The second-order valence-electron chi connectivity index (χ2n) is 6.57. The van der Waals surface area contributed by atoms with Crippen LogP contribution in [0.5, 0.6) is 0 Å². The van der Waals surface area contributed by atoms with Crippen molar-refractivity contribution < 1.29 is 14.3 Å². The lowest BCUT2D eigenvalue weighted by atomic mass is 9.93. The summed E-state index contributed by atoms with van der Waals surface area (Å²) >= 11 is 0. The lowest BCUT2D eigenvalue weighted by Gasteiger charge is -2.38. The molecule has 0 aromatic carbocycles. The van der Waals surface area contributed by atoms with E-state index >= 15 is 0 Å². The fourth-order valence-electron chi connectivity index (χ4n) is 3.28. The van der Waals surface area contributed by atoms with Gasteiger partial charge in [0.25, 0.3) is 5.91 Å². The van der Waals surface area contributed by atoms with Gasteiger partial charge >= 0.3 is 0 Å². The largest absolute Gasteiger partial charge is 0.472 e. The molecule has 5 nitrogen and oxygen atoms in total. The van der Waals surface area contributed by atoms with Gasteiger partial charge in [-0.1, -0.05) is 0 Å². The molecular formula is C16H24N2O3. The maximum absolute atomic E-state index is 12.2. The van der Waals surface area contributed by atoms with Gasteiger partial charge < -0.3 is 19.7 Å². The molecule has 2 heterocycles. The summed E-state index contributed by atoms with van der Waals surface area (Å²) in [5.41, 5.74) is 0.473. The summed E-state index contributed by atoms with van der Waals surface area (Å²) in [6.45, 7) is 3.82. The van der Waals surface area contributed by atoms with Crippen LogP contribution < -0.4 is 5.32 Å². The number of likely N-dealkylation sites (tertiary alicyclic amines) is 1. The normalized spacial score (nSPS) is 23.0. The standard InChI is InChI=1S/C16H24N2O3/c1-16(11-19,13-2-3-13)17-14-4-7-18(8-5-14)15(20)12-6-9-21-10-12/h6,9-10,13-14,17,19H,2-5,7-8,11H2,1H3. The summed E-state index contributed by atoms with van der Waals surface area (Å²) in [4.78, 5) is 14.1. The van der Waals surface area contributed by atoms with Gasteiger partial charge in [0, 0.05) is 24.7 Å². The SMILES string of the molecule is CC(CO)(NC1CCN(C(=O)c2ccoc2)CC1)C1CC1. The monoisotopic (exact) mass is 292 g/mol. The van der Waals surface area contributed by atoms with Crippen molar-refractivity contribution in [2.45, 2.75) is 44.2 Å². The van der Waals surface area contributed by atoms with Crippen LogP contribution in [0.4, 0.5) is 0 Å². The molecule has 2 N–H and O–H groups in total. The number of aliphatic hydroxyl groups excluding tert-OH is 1. The van der Waals surface area contributed by atoms with E-state index in [1.807, 2.05) is 4.90 Å². The van der Waals surface area contributed by atoms with Gasteiger partial charge in [0.05, 0.1) is 18.4 Å². The number of nitrogens with zero attached hydrogens (tertiary/aromatic N) is 1. The highest BCUT2D eigenvalue weighted by atomic mass is 16.3. The Morgan fingerprint density at radius 3 is 2.67 bits per heavy atom. The van der Waals surface area contributed by atoms with Crippen LogP contribution >= 0.6 is 0 Å². The van der Waals surface area contributed by atoms with E-state index in [1.165, 1.54) is 25.4 Å². The Morgan fingerprint density at radius 1 is 1.43 bits per heavy atom. The van der Waals surface area contributed by atoms with Gasteiger partial charge in [-0.3, -0.25) is 4.79 Å². The Kier molecular flexibility index (Phi) is 4.04. The van der Waals surface area contributed by atoms with Crippen molar-refractivity contribution in [3.05, 3.63) is 24.2 Å². The Labute approximate surface area is 125 Å². The first-order chi connectivity index (χ1) is 10.1. The molecule has 2 aliphatic rings. The van der Waals surface area contributed by atoms with E-state index in [4.69, 9.17) is 4.42 Å². The van der Waals surface area contributed by atoms with E-state index in [-0.39, 0.29) is 18.1 Å². The van der Waals surface area contributed by atoms with Crippen molar-refractivity contribution in [1.29, 1.82) is 0 Å². The highest BCUT2D eigenvalue weighted by Crippen LogP contribution is 2.40. The van der Waals surface area contributed by atoms with E-state index in [2.05, 4.69) is 12.2 Å². The third kappa shape index (κ3) is 3.14. The third-order valence-corrected chi connectivity index (χ3v) is 4.89. The molecule has 0 bridgehead atoms. The molecule has 2 fully saturated rings. The first-order valence-electron chi connectivity index (χ1n) is 7.82. The number of hydrogen-bond acceptors (Lipinski definition) is 4. The Morgan fingerprint density at radius 2 is 2.14 bits per heavy atom. The Bertz CT molecular complexity index is 476. The van der Waals surface area contributed by atoms with Crippen molar-refractivity contribution >= 4 is 5.91 Å². The summed E-state index contributed by atoms with van der Waals surface area (Å²) in [5, 5.41) is 13.3. The summed E-state index contributed by atoms with van der Waals surface area (Å²) in [7, 11) is 0. The number of rotatable bonds is 5. The first-order valence-corrected chi connectivity index (χ1v) is 7.82. The first kappa shape index (κ1) is 14.6. The number of carbonyl (C=O) groups excluding carboxylic acids is 1. The van der Waals surface area contributed by atoms with Crippen LogP contribution in [0.25, 0.3) is 0 Å². The molecule has 1 aromatic heterocycles. The molecule has 1 amide bonds. The molecule has 0 spiro atoms. The van der Waals surface area contributed by atoms with Crippen molar-refractivity contribution in [2.24, 2.45) is 5.92 Å². The molecule has 1 saturated heterocycles. The Balaban J connectivity index is 1.52. The predicted octanol–water partition coefficient (Wildman–Crippen LogP) is 1.63. The molecule has 1 saturated carbocycles. The average Bonchev–Trinajstić information content (AvgIpc) is 3.23. The minimum atomic E-state index is -0.151. The topological polar surface area (TPSA) is 65.7 Å². The van der Waals surface area contributed by atoms with Gasteiger partial charge in [-0.25, -0.2) is 0 Å². The molecule has 3 rings (SSSR count). The van der Waals surface area contributed by atoms with Crippen LogP contribution in [0.2, 0.25) is 0 Å². The molecule has 1 unspecified atom stereocenters. The van der Waals surface area contributed by atoms with Crippen molar-refractivity contribution in [1.82, 2.24) is 10.2 Å². The molecule has 1 aromatic rings. The second kappa shape index (κ2) is 5.81. The van der Waals surface area contributed by atoms with Crippen molar-refractivity contribution in [3.63, 3.8) is 0 Å². The zero-order chi connectivity index (χ0) is 14.9. The van der Waals surface area contributed by atoms with Gasteiger partial charge in [-0.15, -0.1) is 0 Å². The highest BCUT2D eigenvalue weighted by Gasteiger charge is 2.42. The molecular weight excluding hydrogens is 268 g/mol. The van der Waals surface area contributed by atoms with Crippen LogP contribution in [0.3, 0.4) is 0 Å². The predicted molar refractivity (Wildman–Crippen MR) is 79.0 cm³/mol. The van der Waals surface area contributed by atoms with E-state index in [1.54, 1.807) is 6.07 Å². The van der Waals surface area contributed by atoms with Crippen LogP contribution in [0.1, 0.15) is 43.0 Å². The van der Waals surface area contributed by atoms with Crippen LogP contribution in [0, 0.1) is 5.92 Å². The third-order valence-electron chi connectivity index (χ3n) is 4.89. The minimum absolute atomic E-state index is 0.0503. The van der Waals surface area contributed by atoms with Crippen LogP contribution in [-0.4, -0.2) is 47.2 Å². The number of carbonyl (C=O) groups is 1. The van der Waals surface area contributed by atoms with E-state index < -0.39 is 0 Å². The zero-order valence-corrected chi connectivity index (χ0v) is 12.5. The summed E-state index contributed by atoms with van der Waals surface area (Å²) in [6, 6.07) is 2.10. The zero-order valence-electron chi connectivity index (χ0n) is 12.5. The summed E-state index contributed by atoms with van der Waals surface area (Å²) in [5.74, 6) is 0.655. The maximum atomic E-state index is 12.2. The average molecular weight is 292 g/mol. The molecule has 0 radical (unpaired) electrons. The van der Waals surface area contributed by atoms with Gasteiger partial charge in [0.1, 0.15) is 6.26 Å². The summed E-state index contributed by atoms with van der Waals surface area (Å²) in [6.07, 6.45) is 7.33. The number of hydrogen-bond donors (Lipinski definition) is 2. The van der Waals surface area contributed by atoms with Crippen LogP contribution in [0.15, 0.2) is 23.0 Å². The van der Waals surface area contributed by atoms with Gasteiger partial charge in [-0.05, 0) is 44.6 Å².